The smallest absolute Gasteiger partial charge is 0.127 e. The number of benzene rings is 1. The van der Waals surface area contributed by atoms with Gasteiger partial charge in [-0.3, -0.25) is 0 Å². The van der Waals surface area contributed by atoms with Crippen molar-refractivity contribution in [2.45, 2.75) is 45.7 Å². The summed E-state index contributed by atoms with van der Waals surface area (Å²) in [4.78, 5) is 4.87. The number of nitrogens with one attached hydrogen (secondary N) is 1. The second-order valence-electron chi connectivity index (χ2n) is 5.21. The van der Waals surface area contributed by atoms with Crippen LogP contribution in [0, 0.1) is 6.92 Å². The maximum atomic E-state index is 4.87. The lowest BCUT2D eigenvalue weighted by Crippen LogP contribution is -2.29. The Balaban J connectivity index is 2.09. The lowest BCUT2D eigenvalue weighted by atomic mass is 10.0. The molecular formula is C15H21N3. The number of nitrogens with zero attached hydrogens (tertiary/aromatic N) is 2. The van der Waals surface area contributed by atoms with Gasteiger partial charge in [0.25, 0.3) is 0 Å². The second kappa shape index (κ2) is 4.73. The van der Waals surface area contributed by atoms with Gasteiger partial charge in [0.2, 0.25) is 0 Å². The summed E-state index contributed by atoms with van der Waals surface area (Å²) in [6, 6.07) is 7.00. The van der Waals surface area contributed by atoms with Gasteiger partial charge in [-0.15, -0.1) is 0 Å². The molecule has 18 heavy (non-hydrogen) atoms. The minimum absolute atomic E-state index is 0.436. The molecule has 0 bridgehead atoms. The molecule has 1 aromatic heterocycles. The average Bonchev–Trinajstić information content (AvgIpc) is 2.77. The van der Waals surface area contributed by atoms with E-state index in [1.54, 1.807) is 0 Å². The molecule has 1 aromatic carbocycles. The van der Waals surface area contributed by atoms with Gasteiger partial charge in [-0.1, -0.05) is 12.5 Å². The number of aryl methyl sites for hydroxylation is 2. The molecule has 1 unspecified atom stereocenters. The van der Waals surface area contributed by atoms with E-state index >= 15 is 0 Å². The van der Waals surface area contributed by atoms with E-state index in [1.165, 1.54) is 36.2 Å². The topological polar surface area (TPSA) is 29.9 Å². The van der Waals surface area contributed by atoms with Gasteiger partial charge in [0.15, 0.2) is 0 Å². The first-order valence-corrected chi connectivity index (χ1v) is 6.99. The lowest BCUT2D eigenvalue weighted by molar-refractivity contribution is 0.388. The first-order valence-electron chi connectivity index (χ1n) is 6.99. The van der Waals surface area contributed by atoms with Crippen LogP contribution in [0.4, 0.5) is 0 Å². The summed E-state index contributed by atoms with van der Waals surface area (Å²) in [6.07, 6.45) is 3.81. The number of fused-ring (bicyclic) bond motifs is 1. The summed E-state index contributed by atoms with van der Waals surface area (Å²) in [6.45, 7) is 6.44. The van der Waals surface area contributed by atoms with Gasteiger partial charge >= 0.3 is 0 Å². The Morgan fingerprint density at radius 2 is 2.28 bits per heavy atom. The van der Waals surface area contributed by atoms with E-state index in [4.69, 9.17) is 4.98 Å². The highest BCUT2D eigenvalue weighted by atomic mass is 15.1. The molecule has 3 heteroatoms. The third-order valence-electron chi connectivity index (χ3n) is 3.87. The van der Waals surface area contributed by atoms with Gasteiger partial charge in [-0.25, -0.2) is 4.98 Å². The zero-order valence-electron chi connectivity index (χ0n) is 11.2. The highest BCUT2D eigenvalue weighted by Gasteiger charge is 2.21. The molecule has 96 valence electrons. The van der Waals surface area contributed by atoms with E-state index in [0.717, 1.165) is 18.6 Å². The predicted molar refractivity (Wildman–Crippen MR) is 74.7 cm³/mol. The van der Waals surface area contributed by atoms with Gasteiger partial charge < -0.3 is 9.88 Å². The molecule has 0 spiro atoms. The molecule has 1 atom stereocenters. The molecule has 1 aliphatic heterocycles. The Hall–Kier alpha value is -1.35. The normalized spacial score (nSPS) is 20.4. The summed E-state index contributed by atoms with van der Waals surface area (Å²) in [5.41, 5.74) is 3.69. The molecule has 1 N–H and O–H groups in total. The van der Waals surface area contributed by atoms with Gasteiger partial charge in [0.05, 0.1) is 17.1 Å². The van der Waals surface area contributed by atoms with Gasteiger partial charge in [0, 0.05) is 6.54 Å². The Bertz CT molecular complexity index is 550. The monoisotopic (exact) mass is 243 g/mol. The fourth-order valence-corrected chi connectivity index (χ4v) is 2.93. The molecule has 1 fully saturated rings. The van der Waals surface area contributed by atoms with Crippen molar-refractivity contribution in [3.8, 4) is 0 Å². The highest BCUT2D eigenvalue weighted by Crippen LogP contribution is 2.26. The third-order valence-corrected chi connectivity index (χ3v) is 3.87. The number of hydrogen-bond acceptors (Lipinski definition) is 2. The molecule has 1 aliphatic rings. The lowest BCUT2D eigenvalue weighted by Gasteiger charge is -2.23. The van der Waals surface area contributed by atoms with E-state index in [9.17, 15) is 0 Å². The van der Waals surface area contributed by atoms with E-state index < -0.39 is 0 Å². The number of imidazole rings is 1. The predicted octanol–water partition coefficient (Wildman–Crippen LogP) is 3.18. The van der Waals surface area contributed by atoms with Crippen molar-refractivity contribution >= 4 is 11.0 Å². The van der Waals surface area contributed by atoms with Crippen LogP contribution in [0.1, 0.15) is 43.6 Å². The van der Waals surface area contributed by atoms with Crippen LogP contribution in [0.3, 0.4) is 0 Å². The first-order chi connectivity index (χ1) is 8.79. The zero-order valence-corrected chi connectivity index (χ0v) is 11.2. The van der Waals surface area contributed by atoms with Crippen molar-refractivity contribution in [1.29, 1.82) is 0 Å². The Morgan fingerprint density at radius 3 is 3.00 bits per heavy atom. The Morgan fingerprint density at radius 1 is 1.39 bits per heavy atom. The maximum absolute atomic E-state index is 4.87. The maximum Gasteiger partial charge on any atom is 0.127 e. The van der Waals surface area contributed by atoms with Crippen LogP contribution in [-0.2, 0) is 6.54 Å². The summed E-state index contributed by atoms with van der Waals surface area (Å²) in [5, 5.41) is 3.60. The summed E-state index contributed by atoms with van der Waals surface area (Å²) >= 11 is 0. The number of aromatic nitrogens is 2. The van der Waals surface area contributed by atoms with Crippen molar-refractivity contribution in [3.05, 3.63) is 29.6 Å². The molecule has 0 saturated carbocycles. The van der Waals surface area contributed by atoms with E-state index in [1.807, 2.05) is 0 Å². The van der Waals surface area contributed by atoms with Crippen LogP contribution in [-0.4, -0.2) is 16.1 Å². The standard InChI is InChI=1S/C15H21N3/c1-3-18-14-8-7-11(2)10-13(14)17-15(18)12-6-4-5-9-16-12/h7-8,10,12,16H,3-6,9H2,1-2H3. The molecule has 0 amide bonds. The SMILES string of the molecule is CCn1c(C2CCCCN2)nc2cc(C)ccc21. The van der Waals surface area contributed by atoms with E-state index in [0.29, 0.717) is 6.04 Å². The van der Waals surface area contributed by atoms with Gasteiger partial charge in [0.1, 0.15) is 5.82 Å². The zero-order chi connectivity index (χ0) is 12.5. The van der Waals surface area contributed by atoms with Crippen LogP contribution in [0.25, 0.3) is 11.0 Å². The third kappa shape index (κ3) is 1.93. The number of rotatable bonds is 2. The quantitative estimate of drug-likeness (QED) is 0.878. The highest BCUT2D eigenvalue weighted by molar-refractivity contribution is 5.77. The largest absolute Gasteiger partial charge is 0.327 e. The molecule has 2 aromatic rings. The van der Waals surface area contributed by atoms with Gasteiger partial charge in [-0.05, 0) is 50.9 Å². The molecule has 1 saturated heterocycles. The van der Waals surface area contributed by atoms with Crippen molar-refractivity contribution in [1.82, 2.24) is 14.9 Å². The number of piperidine rings is 1. The van der Waals surface area contributed by atoms with Crippen LogP contribution in [0.5, 0.6) is 0 Å². The number of hydrogen-bond donors (Lipinski definition) is 1. The first kappa shape index (κ1) is 11.7. The van der Waals surface area contributed by atoms with Crippen LogP contribution in [0.2, 0.25) is 0 Å². The van der Waals surface area contributed by atoms with Gasteiger partial charge in [-0.2, -0.15) is 0 Å². The Kier molecular flexibility index (Phi) is 3.08. The Labute approximate surface area is 108 Å². The second-order valence-corrected chi connectivity index (χ2v) is 5.21. The minimum Gasteiger partial charge on any atom is -0.327 e. The molecule has 3 rings (SSSR count). The summed E-state index contributed by atoms with van der Waals surface area (Å²) < 4.78 is 2.36. The summed E-state index contributed by atoms with van der Waals surface area (Å²) in [7, 11) is 0. The average molecular weight is 243 g/mol. The molecule has 0 radical (unpaired) electrons. The van der Waals surface area contributed by atoms with Crippen LogP contribution < -0.4 is 5.32 Å². The van der Waals surface area contributed by atoms with Crippen molar-refractivity contribution < 1.29 is 0 Å². The molecular weight excluding hydrogens is 222 g/mol. The van der Waals surface area contributed by atoms with Crippen molar-refractivity contribution in [2.24, 2.45) is 0 Å². The fraction of sp³-hybridized carbons (Fsp3) is 0.533. The molecule has 2 heterocycles. The van der Waals surface area contributed by atoms with E-state index in [2.05, 4.69) is 41.9 Å². The summed E-state index contributed by atoms with van der Waals surface area (Å²) in [5.74, 6) is 1.22. The minimum atomic E-state index is 0.436. The van der Waals surface area contributed by atoms with Crippen LogP contribution >= 0.6 is 0 Å². The molecule has 0 aliphatic carbocycles. The van der Waals surface area contributed by atoms with Crippen molar-refractivity contribution in [3.63, 3.8) is 0 Å². The van der Waals surface area contributed by atoms with E-state index in [-0.39, 0.29) is 0 Å². The fourth-order valence-electron chi connectivity index (χ4n) is 2.93. The molecule has 3 nitrogen and oxygen atoms in total. The van der Waals surface area contributed by atoms with Crippen molar-refractivity contribution in [2.75, 3.05) is 6.54 Å². The van der Waals surface area contributed by atoms with Crippen LogP contribution in [0.15, 0.2) is 18.2 Å².